The Labute approximate surface area is 101 Å². The summed E-state index contributed by atoms with van der Waals surface area (Å²) in [6, 6.07) is 11.9. The van der Waals surface area contributed by atoms with Crippen molar-refractivity contribution in [3.8, 4) is 0 Å². The first-order valence-corrected chi connectivity index (χ1v) is 6.16. The van der Waals surface area contributed by atoms with Crippen LogP contribution in [0, 0.1) is 0 Å². The molecule has 1 heterocycles. The van der Waals surface area contributed by atoms with Crippen LogP contribution in [0.2, 0.25) is 0 Å². The normalized spacial score (nSPS) is 17.7. The molecule has 0 aliphatic heterocycles. The van der Waals surface area contributed by atoms with Crippen molar-refractivity contribution in [3.05, 3.63) is 59.5 Å². The molecule has 88 valence electrons. The molecule has 1 aliphatic rings. The standard InChI is InChI=1S/C15H16O2/c16-15(14-5-2-10-17-14)13-8-6-12(7-9-13)11-3-1-4-11/h2,5-11,15-16H,1,3-4H2. The number of aliphatic hydroxyl groups excluding tert-OH is 1. The zero-order valence-electron chi connectivity index (χ0n) is 9.67. The van der Waals surface area contributed by atoms with E-state index in [2.05, 4.69) is 12.1 Å². The molecule has 0 bridgehead atoms. The van der Waals surface area contributed by atoms with Crippen LogP contribution in [0.5, 0.6) is 0 Å². The van der Waals surface area contributed by atoms with Crippen molar-refractivity contribution in [1.29, 1.82) is 0 Å². The van der Waals surface area contributed by atoms with Gasteiger partial charge in [-0.2, -0.15) is 0 Å². The average molecular weight is 228 g/mol. The Morgan fingerprint density at radius 3 is 2.41 bits per heavy atom. The molecule has 2 aromatic rings. The first-order valence-electron chi connectivity index (χ1n) is 6.16. The Kier molecular flexibility index (Phi) is 2.73. The van der Waals surface area contributed by atoms with Gasteiger partial charge in [-0.25, -0.2) is 0 Å². The molecular formula is C15H16O2. The summed E-state index contributed by atoms with van der Waals surface area (Å²) in [6.07, 6.45) is 4.89. The summed E-state index contributed by atoms with van der Waals surface area (Å²) in [5, 5.41) is 10.1. The number of hydrogen-bond donors (Lipinski definition) is 1. The summed E-state index contributed by atoms with van der Waals surface area (Å²) >= 11 is 0. The fourth-order valence-electron chi connectivity index (χ4n) is 2.30. The fraction of sp³-hybridized carbons (Fsp3) is 0.333. The Balaban J connectivity index is 1.79. The average Bonchev–Trinajstić information content (AvgIpc) is 2.80. The van der Waals surface area contributed by atoms with Crippen molar-refractivity contribution in [2.75, 3.05) is 0 Å². The van der Waals surface area contributed by atoms with Gasteiger partial charge < -0.3 is 9.52 Å². The maximum Gasteiger partial charge on any atom is 0.137 e. The van der Waals surface area contributed by atoms with Crippen LogP contribution < -0.4 is 0 Å². The zero-order valence-corrected chi connectivity index (χ0v) is 9.67. The van der Waals surface area contributed by atoms with Gasteiger partial charge in [-0.05, 0) is 42.0 Å². The highest BCUT2D eigenvalue weighted by molar-refractivity contribution is 5.30. The van der Waals surface area contributed by atoms with Gasteiger partial charge in [0.05, 0.1) is 6.26 Å². The second kappa shape index (κ2) is 4.38. The van der Waals surface area contributed by atoms with Crippen LogP contribution in [-0.2, 0) is 0 Å². The van der Waals surface area contributed by atoms with E-state index in [0.29, 0.717) is 5.76 Å². The molecule has 0 saturated heterocycles. The fourth-order valence-corrected chi connectivity index (χ4v) is 2.30. The molecule has 0 radical (unpaired) electrons. The molecule has 0 amide bonds. The summed E-state index contributed by atoms with van der Waals surface area (Å²) in [7, 11) is 0. The van der Waals surface area contributed by atoms with E-state index in [1.807, 2.05) is 12.1 Å². The Morgan fingerprint density at radius 1 is 1.12 bits per heavy atom. The van der Waals surface area contributed by atoms with Gasteiger partial charge in [0.15, 0.2) is 0 Å². The molecule has 3 rings (SSSR count). The van der Waals surface area contributed by atoms with Gasteiger partial charge in [-0.3, -0.25) is 0 Å². The number of rotatable bonds is 3. The SMILES string of the molecule is OC(c1ccc(C2CCC2)cc1)c1ccco1. The van der Waals surface area contributed by atoms with Crippen LogP contribution in [0.25, 0.3) is 0 Å². The van der Waals surface area contributed by atoms with Crippen molar-refractivity contribution in [3.63, 3.8) is 0 Å². The highest BCUT2D eigenvalue weighted by Gasteiger charge is 2.20. The lowest BCUT2D eigenvalue weighted by atomic mass is 9.80. The third-order valence-electron chi connectivity index (χ3n) is 3.64. The largest absolute Gasteiger partial charge is 0.466 e. The monoisotopic (exact) mass is 228 g/mol. The third kappa shape index (κ3) is 2.01. The van der Waals surface area contributed by atoms with Crippen LogP contribution in [0.4, 0.5) is 0 Å². The summed E-state index contributed by atoms with van der Waals surface area (Å²) < 4.78 is 5.21. The molecule has 1 N–H and O–H groups in total. The molecule has 17 heavy (non-hydrogen) atoms. The lowest BCUT2D eigenvalue weighted by Gasteiger charge is -2.26. The van der Waals surface area contributed by atoms with Gasteiger partial charge >= 0.3 is 0 Å². The van der Waals surface area contributed by atoms with Crippen LogP contribution >= 0.6 is 0 Å². The maximum absolute atomic E-state index is 10.1. The molecule has 1 saturated carbocycles. The predicted molar refractivity (Wildman–Crippen MR) is 65.8 cm³/mol. The smallest absolute Gasteiger partial charge is 0.137 e. The lowest BCUT2D eigenvalue weighted by Crippen LogP contribution is -2.08. The van der Waals surface area contributed by atoms with Crippen molar-refractivity contribution >= 4 is 0 Å². The second-order valence-electron chi connectivity index (χ2n) is 4.71. The first kappa shape index (κ1) is 10.6. The Morgan fingerprint density at radius 2 is 1.88 bits per heavy atom. The van der Waals surface area contributed by atoms with E-state index in [1.165, 1.54) is 24.8 Å². The van der Waals surface area contributed by atoms with E-state index in [1.54, 1.807) is 18.4 Å². The van der Waals surface area contributed by atoms with E-state index < -0.39 is 6.10 Å². The molecule has 1 aromatic carbocycles. The summed E-state index contributed by atoms with van der Waals surface area (Å²) in [5.74, 6) is 1.34. The number of hydrogen-bond acceptors (Lipinski definition) is 2. The third-order valence-corrected chi connectivity index (χ3v) is 3.64. The molecule has 0 spiro atoms. The molecule has 1 unspecified atom stereocenters. The molecule has 1 aliphatic carbocycles. The molecule has 1 fully saturated rings. The molecular weight excluding hydrogens is 212 g/mol. The zero-order chi connectivity index (χ0) is 11.7. The van der Waals surface area contributed by atoms with Crippen molar-refractivity contribution in [2.24, 2.45) is 0 Å². The predicted octanol–water partition coefficient (Wildman–Crippen LogP) is 3.63. The van der Waals surface area contributed by atoms with Crippen LogP contribution in [0.1, 0.15) is 48.2 Å². The maximum atomic E-state index is 10.1. The van der Waals surface area contributed by atoms with Crippen LogP contribution in [0.3, 0.4) is 0 Å². The van der Waals surface area contributed by atoms with Crippen LogP contribution in [0.15, 0.2) is 47.1 Å². The quantitative estimate of drug-likeness (QED) is 0.870. The summed E-state index contributed by atoms with van der Waals surface area (Å²) in [4.78, 5) is 0. The van der Waals surface area contributed by atoms with E-state index in [0.717, 1.165) is 11.5 Å². The summed E-state index contributed by atoms with van der Waals surface area (Å²) in [6.45, 7) is 0. The highest BCUT2D eigenvalue weighted by Crippen LogP contribution is 2.36. The van der Waals surface area contributed by atoms with Gasteiger partial charge in [0, 0.05) is 0 Å². The number of benzene rings is 1. The van der Waals surface area contributed by atoms with Crippen molar-refractivity contribution < 1.29 is 9.52 Å². The second-order valence-corrected chi connectivity index (χ2v) is 4.71. The van der Waals surface area contributed by atoms with E-state index in [-0.39, 0.29) is 0 Å². The minimum absolute atomic E-state index is 0.599. The summed E-state index contributed by atoms with van der Waals surface area (Å²) in [5.41, 5.74) is 2.29. The minimum Gasteiger partial charge on any atom is -0.466 e. The molecule has 2 nitrogen and oxygen atoms in total. The van der Waals surface area contributed by atoms with Crippen LogP contribution in [-0.4, -0.2) is 5.11 Å². The van der Waals surface area contributed by atoms with Gasteiger partial charge in [0.25, 0.3) is 0 Å². The van der Waals surface area contributed by atoms with Crippen molar-refractivity contribution in [1.82, 2.24) is 0 Å². The first-order chi connectivity index (χ1) is 8.34. The van der Waals surface area contributed by atoms with Gasteiger partial charge in [-0.15, -0.1) is 0 Å². The van der Waals surface area contributed by atoms with E-state index in [4.69, 9.17) is 4.42 Å². The molecule has 2 heteroatoms. The number of aliphatic hydroxyl groups is 1. The Bertz CT molecular complexity index is 466. The molecule has 1 atom stereocenters. The highest BCUT2D eigenvalue weighted by atomic mass is 16.4. The van der Waals surface area contributed by atoms with Gasteiger partial charge in [0.2, 0.25) is 0 Å². The molecule has 1 aromatic heterocycles. The Hall–Kier alpha value is -1.54. The van der Waals surface area contributed by atoms with E-state index in [9.17, 15) is 5.11 Å². The topological polar surface area (TPSA) is 33.4 Å². The minimum atomic E-state index is -0.652. The van der Waals surface area contributed by atoms with Gasteiger partial charge in [-0.1, -0.05) is 30.7 Å². The van der Waals surface area contributed by atoms with Crippen molar-refractivity contribution in [2.45, 2.75) is 31.3 Å². The van der Waals surface area contributed by atoms with Gasteiger partial charge in [0.1, 0.15) is 11.9 Å². The lowest BCUT2D eigenvalue weighted by molar-refractivity contribution is 0.189. The number of furan rings is 1. The van der Waals surface area contributed by atoms with E-state index >= 15 is 0 Å².